The number of carbonyl (C=O) groups is 2. The molecule has 0 unspecified atom stereocenters. The molecule has 0 saturated heterocycles. The fourth-order valence-corrected chi connectivity index (χ4v) is 3.13. The summed E-state index contributed by atoms with van der Waals surface area (Å²) in [6.45, 7) is -2.25. The van der Waals surface area contributed by atoms with Crippen molar-refractivity contribution in [2.45, 2.75) is 19.6 Å². The Labute approximate surface area is 172 Å². The first-order valence-corrected chi connectivity index (χ1v) is 9.28. The van der Waals surface area contributed by atoms with Crippen molar-refractivity contribution in [1.29, 1.82) is 0 Å². The summed E-state index contributed by atoms with van der Waals surface area (Å²) in [5.41, 5.74) is 2.84. The number of esters is 1. The first-order chi connectivity index (χ1) is 14.5. The van der Waals surface area contributed by atoms with Crippen LogP contribution in [-0.2, 0) is 27.3 Å². The van der Waals surface area contributed by atoms with Gasteiger partial charge in [0, 0.05) is 19.2 Å². The number of carbonyl (C=O) groups excluding carboxylic acids is 2. The van der Waals surface area contributed by atoms with Crippen molar-refractivity contribution in [2.75, 3.05) is 20.3 Å². The van der Waals surface area contributed by atoms with E-state index in [2.05, 4.69) is 4.74 Å². The number of nitrogens with zero attached hydrogens (tertiary/aromatic N) is 1. The van der Waals surface area contributed by atoms with Crippen molar-refractivity contribution in [3.05, 3.63) is 65.2 Å². The van der Waals surface area contributed by atoms with E-state index in [1.807, 2.05) is 24.3 Å². The molecule has 0 spiro atoms. The highest BCUT2D eigenvalue weighted by Gasteiger charge is 2.21. The van der Waals surface area contributed by atoms with E-state index in [0.717, 1.165) is 18.1 Å². The fourth-order valence-electron chi connectivity index (χ4n) is 3.13. The summed E-state index contributed by atoms with van der Waals surface area (Å²) in [6.07, 6.45) is 3.35. The van der Waals surface area contributed by atoms with Crippen LogP contribution < -0.4 is 9.47 Å². The molecular formula is C22H21F2NO5. The van der Waals surface area contributed by atoms with Crippen LogP contribution in [0.15, 0.2) is 48.5 Å². The Hall–Kier alpha value is -3.42. The van der Waals surface area contributed by atoms with E-state index in [9.17, 15) is 18.4 Å². The summed E-state index contributed by atoms with van der Waals surface area (Å²) in [5, 5.41) is 0. The molecule has 1 aliphatic heterocycles. The molecule has 1 aliphatic rings. The zero-order valence-electron chi connectivity index (χ0n) is 16.3. The normalized spacial score (nSPS) is 13.3. The lowest BCUT2D eigenvalue weighted by Crippen LogP contribution is -2.38. The van der Waals surface area contributed by atoms with E-state index in [4.69, 9.17) is 9.47 Å². The van der Waals surface area contributed by atoms with Gasteiger partial charge in [0.05, 0.1) is 7.11 Å². The molecule has 1 heterocycles. The van der Waals surface area contributed by atoms with Gasteiger partial charge in [-0.15, -0.1) is 0 Å². The van der Waals surface area contributed by atoms with Crippen LogP contribution in [0.3, 0.4) is 0 Å². The molecule has 0 aromatic heterocycles. The third-order valence-corrected chi connectivity index (χ3v) is 4.64. The lowest BCUT2D eigenvalue weighted by atomic mass is 10.00. The minimum atomic E-state index is -2.97. The minimum Gasteiger partial charge on any atom is -0.493 e. The van der Waals surface area contributed by atoms with Gasteiger partial charge in [0.2, 0.25) is 0 Å². The SMILES string of the molecule is COc1cc(C=CC(=O)OCC(=O)N2CCc3ccccc3C2)ccc1OC(F)F. The number of amides is 1. The predicted octanol–water partition coefficient (Wildman–Crippen LogP) is 3.44. The zero-order valence-corrected chi connectivity index (χ0v) is 16.3. The number of methoxy groups -OCH3 is 1. The monoisotopic (exact) mass is 417 g/mol. The zero-order chi connectivity index (χ0) is 21.5. The summed E-state index contributed by atoms with van der Waals surface area (Å²) < 4.78 is 39.1. The van der Waals surface area contributed by atoms with Gasteiger partial charge < -0.3 is 19.1 Å². The van der Waals surface area contributed by atoms with Gasteiger partial charge >= 0.3 is 12.6 Å². The molecular weight excluding hydrogens is 396 g/mol. The summed E-state index contributed by atoms with van der Waals surface area (Å²) >= 11 is 0. The quantitative estimate of drug-likeness (QED) is 0.510. The Morgan fingerprint density at radius 3 is 2.63 bits per heavy atom. The van der Waals surface area contributed by atoms with Gasteiger partial charge in [-0.1, -0.05) is 30.3 Å². The summed E-state index contributed by atoms with van der Waals surface area (Å²) in [7, 11) is 1.32. The smallest absolute Gasteiger partial charge is 0.387 e. The molecule has 30 heavy (non-hydrogen) atoms. The van der Waals surface area contributed by atoms with Gasteiger partial charge in [0.1, 0.15) is 0 Å². The van der Waals surface area contributed by atoms with Crippen molar-refractivity contribution in [3.63, 3.8) is 0 Å². The van der Waals surface area contributed by atoms with Crippen LogP contribution in [0.1, 0.15) is 16.7 Å². The number of hydrogen-bond acceptors (Lipinski definition) is 5. The molecule has 158 valence electrons. The highest BCUT2D eigenvalue weighted by Crippen LogP contribution is 2.29. The Balaban J connectivity index is 1.52. The topological polar surface area (TPSA) is 65.1 Å². The molecule has 0 atom stereocenters. The molecule has 0 radical (unpaired) electrons. The highest BCUT2D eigenvalue weighted by atomic mass is 19.3. The number of hydrogen-bond donors (Lipinski definition) is 0. The van der Waals surface area contributed by atoms with Crippen LogP contribution in [-0.4, -0.2) is 43.6 Å². The van der Waals surface area contributed by atoms with Crippen LogP contribution in [0.5, 0.6) is 11.5 Å². The van der Waals surface area contributed by atoms with Crippen molar-refractivity contribution < 1.29 is 32.6 Å². The first-order valence-electron chi connectivity index (χ1n) is 9.28. The van der Waals surface area contributed by atoms with Gasteiger partial charge in [-0.25, -0.2) is 4.79 Å². The third kappa shape index (κ3) is 5.56. The van der Waals surface area contributed by atoms with E-state index in [1.54, 1.807) is 4.90 Å². The van der Waals surface area contributed by atoms with Crippen LogP contribution >= 0.6 is 0 Å². The van der Waals surface area contributed by atoms with E-state index in [-0.39, 0.29) is 24.0 Å². The largest absolute Gasteiger partial charge is 0.493 e. The van der Waals surface area contributed by atoms with Gasteiger partial charge in [-0.05, 0) is 41.3 Å². The molecule has 0 fully saturated rings. The molecule has 0 bridgehead atoms. The maximum absolute atomic E-state index is 12.4. The van der Waals surface area contributed by atoms with Gasteiger partial charge in [0.15, 0.2) is 18.1 Å². The standard InChI is InChI=1S/C22H21F2NO5/c1-28-19-12-15(6-8-18(19)30-22(23)24)7-9-21(27)29-14-20(26)25-11-10-16-4-2-3-5-17(16)13-25/h2-9,12,22H,10-11,13-14H2,1H3. The maximum atomic E-state index is 12.4. The Bertz CT molecular complexity index is 945. The molecule has 0 N–H and O–H groups in total. The molecule has 1 amide bonds. The molecule has 2 aromatic carbocycles. The minimum absolute atomic E-state index is 0.103. The number of ether oxygens (including phenoxy) is 3. The van der Waals surface area contributed by atoms with Crippen LogP contribution in [0.4, 0.5) is 8.78 Å². The molecule has 8 heteroatoms. The van der Waals surface area contributed by atoms with Crippen molar-refractivity contribution in [1.82, 2.24) is 4.90 Å². The summed E-state index contributed by atoms with van der Waals surface area (Å²) in [4.78, 5) is 25.9. The third-order valence-electron chi connectivity index (χ3n) is 4.64. The predicted molar refractivity (Wildman–Crippen MR) is 105 cm³/mol. The van der Waals surface area contributed by atoms with Gasteiger partial charge in [-0.2, -0.15) is 8.78 Å². The van der Waals surface area contributed by atoms with Gasteiger partial charge in [0.25, 0.3) is 5.91 Å². The highest BCUT2D eigenvalue weighted by molar-refractivity contribution is 5.89. The lowest BCUT2D eigenvalue weighted by Gasteiger charge is -2.28. The van der Waals surface area contributed by atoms with Crippen molar-refractivity contribution >= 4 is 18.0 Å². The van der Waals surface area contributed by atoms with Crippen molar-refractivity contribution in [3.8, 4) is 11.5 Å². The number of halogens is 2. The Morgan fingerprint density at radius 1 is 1.13 bits per heavy atom. The molecule has 3 rings (SSSR count). The number of alkyl halides is 2. The second-order valence-electron chi connectivity index (χ2n) is 6.56. The summed E-state index contributed by atoms with van der Waals surface area (Å²) in [6, 6.07) is 12.2. The van der Waals surface area contributed by atoms with Crippen LogP contribution in [0.2, 0.25) is 0 Å². The lowest BCUT2D eigenvalue weighted by molar-refractivity contribution is -0.148. The molecule has 0 saturated carbocycles. The fraction of sp³-hybridized carbons (Fsp3) is 0.273. The van der Waals surface area contributed by atoms with E-state index in [0.29, 0.717) is 18.7 Å². The Morgan fingerprint density at radius 2 is 1.90 bits per heavy atom. The molecule has 2 aromatic rings. The van der Waals surface area contributed by atoms with E-state index < -0.39 is 12.6 Å². The van der Waals surface area contributed by atoms with E-state index >= 15 is 0 Å². The van der Waals surface area contributed by atoms with E-state index in [1.165, 1.54) is 36.9 Å². The molecule has 0 aliphatic carbocycles. The number of rotatable bonds is 7. The Kier molecular flexibility index (Phi) is 7.00. The van der Waals surface area contributed by atoms with Crippen LogP contribution in [0.25, 0.3) is 6.08 Å². The average molecular weight is 417 g/mol. The number of benzene rings is 2. The summed E-state index contributed by atoms with van der Waals surface area (Å²) in [5.74, 6) is -0.957. The number of fused-ring (bicyclic) bond motifs is 1. The maximum Gasteiger partial charge on any atom is 0.387 e. The van der Waals surface area contributed by atoms with Crippen LogP contribution in [0, 0.1) is 0 Å². The van der Waals surface area contributed by atoms with Gasteiger partial charge in [-0.3, -0.25) is 4.79 Å². The molecule has 6 nitrogen and oxygen atoms in total. The second kappa shape index (κ2) is 9.87. The first kappa shape index (κ1) is 21.3. The second-order valence-corrected chi connectivity index (χ2v) is 6.56. The van der Waals surface area contributed by atoms with Crippen molar-refractivity contribution in [2.24, 2.45) is 0 Å². The average Bonchev–Trinajstić information content (AvgIpc) is 2.76.